The summed E-state index contributed by atoms with van der Waals surface area (Å²) < 4.78 is 0. The number of carbonyl (C=O) groups is 1. The van der Waals surface area contributed by atoms with E-state index in [1.54, 1.807) is 18.2 Å². The summed E-state index contributed by atoms with van der Waals surface area (Å²) in [6.45, 7) is 1.87. The Balaban J connectivity index is 1.99. The molecule has 0 spiro atoms. The van der Waals surface area contributed by atoms with E-state index in [2.05, 4.69) is 5.32 Å². The number of halogens is 2. The zero-order valence-corrected chi connectivity index (χ0v) is 13.4. The van der Waals surface area contributed by atoms with Crippen molar-refractivity contribution in [2.45, 2.75) is 6.92 Å². The third-order valence-corrected chi connectivity index (χ3v) is 4.25. The molecule has 0 saturated heterocycles. The molecule has 0 aliphatic rings. The Morgan fingerprint density at radius 2 is 1.68 bits per heavy atom. The predicted octanol–water partition coefficient (Wildman–Crippen LogP) is 5.71. The Morgan fingerprint density at radius 3 is 2.50 bits per heavy atom. The number of nitrogens with one attached hydrogen (secondary N) is 1. The minimum Gasteiger partial charge on any atom is -0.321 e. The van der Waals surface area contributed by atoms with Crippen molar-refractivity contribution in [3.63, 3.8) is 0 Å². The summed E-state index contributed by atoms with van der Waals surface area (Å²) >= 11 is 12.3. The topological polar surface area (TPSA) is 29.1 Å². The molecule has 0 heterocycles. The van der Waals surface area contributed by atoms with Crippen LogP contribution in [0.3, 0.4) is 0 Å². The van der Waals surface area contributed by atoms with Gasteiger partial charge in [0.05, 0.1) is 10.7 Å². The normalized spacial score (nSPS) is 10.7. The molecule has 110 valence electrons. The lowest BCUT2D eigenvalue weighted by atomic mass is 10.0. The lowest BCUT2D eigenvalue weighted by Gasteiger charge is -2.11. The number of carbonyl (C=O) groups excluding carboxylic acids is 1. The molecular weight excluding hydrogens is 317 g/mol. The zero-order chi connectivity index (χ0) is 15.7. The van der Waals surface area contributed by atoms with E-state index in [0.29, 0.717) is 21.3 Å². The molecule has 0 aliphatic carbocycles. The minimum absolute atomic E-state index is 0.210. The standard InChI is InChI=1S/C18H13Cl2NO/c1-11-9-16(20)17(10-15(11)19)21-18(22)14-8-4-6-12-5-2-3-7-13(12)14/h2-10H,1H3,(H,21,22). The molecule has 2 nitrogen and oxygen atoms in total. The van der Waals surface area contributed by atoms with Crippen molar-refractivity contribution < 1.29 is 4.79 Å². The van der Waals surface area contributed by atoms with Gasteiger partial charge < -0.3 is 5.32 Å². The minimum atomic E-state index is -0.210. The fourth-order valence-corrected chi connectivity index (χ4v) is 2.78. The maximum atomic E-state index is 12.6. The third kappa shape index (κ3) is 2.80. The van der Waals surface area contributed by atoms with Crippen molar-refractivity contribution in [1.82, 2.24) is 0 Å². The molecule has 0 saturated carbocycles. The van der Waals surface area contributed by atoms with E-state index in [1.165, 1.54) is 0 Å². The summed E-state index contributed by atoms with van der Waals surface area (Å²) in [5, 5.41) is 5.78. The summed E-state index contributed by atoms with van der Waals surface area (Å²) in [7, 11) is 0. The van der Waals surface area contributed by atoms with Crippen LogP contribution < -0.4 is 5.32 Å². The molecule has 0 unspecified atom stereocenters. The molecule has 0 radical (unpaired) electrons. The van der Waals surface area contributed by atoms with E-state index < -0.39 is 0 Å². The second-order valence-corrected chi connectivity index (χ2v) is 5.88. The van der Waals surface area contributed by atoms with Crippen molar-refractivity contribution in [1.29, 1.82) is 0 Å². The van der Waals surface area contributed by atoms with Crippen molar-refractivity contribution in [3.8, 4) is 0 Å². The van der Waals surface area contributed by atoms with Gasteiger partial charge in [0.15, 0.2) is 0 Å². The quantitative estimate of drug-likeness (QED) is 0.641. The molecule has 0 aromatic heterocycles. The highest BCUT2D eigenvalue weighted by molar-refractivity contribution is 6.36. The first kappa shape index (κ1) is 14.9. The molecule has 4 heteroatoms. The van der Waals surface area contributed by atoms with Gasteiger partial charge in [-0.1, -0.05) is 59.6 Å². The second kappa shape index (κ2) is 5.99. The molecule has 3 aromatic carbocycles. The molecular formula is C18H13Cl2NO. The lowest BCUT2D eigenvalue weighted by molar-refractivity contribution is 0.102. The smallest absolute Gasteiger partial charge is 0.256 e. The van der Waals surface area contributed by atoms with Crippen LogP contribution in [0.15, 0.2) is 54.6 Å². The van der Waals surface area contributed by atoms with Gasteiger partial charge in [-0.15, -0.1) is 0 Å². The van der Waals surface area contributed by atoms with Gasteiger partial charge in [-0.2, -0.15) is 0 Å². The van der Waals surface area contributed by atoms with Gasteiger partial charge in [0, 0.05) is 10.6 Å². The number of fused-ring (bicyclic) bond motifs is 1. The molecule has 22 heavy (non-hydrogen) atoms. The lowest BCUT2D eigenvalue weighted by Crippen LogP contribution is -2.12. The van der Waals surface area contributed by atoms with Crippen LogP contribution in [0, 0.1) is 6.92 Å². The van der Waals surface area contributed by atoms with Crippen molar-refractivity contribution in [2.75, 3.05) is 5.32 Å². The van der Waals surface area contributed by atoms with Crippen molar-refractivity contribution in [2.24, 2.45) is 0 Å². The van der Waals surface area contributed by atoms with Crippen LogP contribution in [-0.2, 0) is 0 Å². The molecule has 1 N–H and O–H groups in total. The number of benzene rings is 3. The summed E-state index contributed by atoms with van der Waals surface area (Å²) in [6, 6.07) is 16.8. The first-order valence-corrected chi connectivity index (χ1v) is 7.56. The van der Waals surface area contributed by atoms with E-state index in [-0.39, 0.29) is 5.91 Å². The van der Waals surface area contributed by atoms with Crippen LogP contribution in [0.1, 0.15) is 15.9 Å². The summed E-state index contributed by atoms with van der Waals surface area (Å²) in [5.74, 6) is -0.210. The van der Waals surface area contributed by atoms with Crippen LogP contribution >= 0.6 is 23.2 Å². The number of rotatable bonds is 2. The molecule has 3 aromatic rings. The van der Waals surface area contributed by atoms with Crippen LogP contribution in [0.25, 0.3) is 10.8 Å². The Hall–Kier alpha value is -2.03. The first-order valence-electron chi connectivity index (χ1n) is 6.81. The van der Waals surface area contributed by atoms with Crippen LogP contribution in [0.2, 0.25) is 10.0 Å². The van der Waals surface area contributed by atoms with Gasteiger partial charge in [-0.3, -0.25) is 4.79 Å². The van der Waals surface area contributed by atoms with Gasteiger partial charge in [0.2, 0.25) is 0 Å². The Bertz CT molecular complexity index is 869. The number of hydrogen-bond acceptors (Lipinski definition) is 1. The highest BCUT2D eigenvalue weighted by atomic mass is 35.5. The number of aryl methyl sites for hydroxylation is 1. The Labute approximate surface area is 138 Å². The zero-order valence-electron chi connectivity index (χ0n) is 11.9. The average Bonchev–Trinajstić information content (AvgIpc) is 2.52. The van der Waals surface area contributed by atoms with Crippen LogP contribution in [0.4, 0.5) is 5.69 Å². The van der Waals surface area contributed by atoms with E-state index in [4.69, 9.17) is 23.2 Å². The monoisotopic (exact) mass is 329 g/mol. The number of amides is 1. The van der Waals surface area contributed by atoms with E-state index in [0.717, 1.165) is 16.3 Å². The summed E-state index contributed by atoms with van der Waals surface area (Å²) in [5.41, 5.74) is 1.98. The van der Waals surface area contributed by atoms with Crippen LogP contribution in [-0.4, -0.2) is 5.91 Å². The van der Waals surface area contributed by atoms with Gasteiger partial charge in [-0.05, 0) is 41.5 Å². The number of anilines is 1. The summed E-state index contributed by atoms with van der Waals surface area (Å²) in [6.07, 6.45) is 0. The maximum absolute atomic E-state index is 12.6. The maximum Gasteiger partial charge on any atom is 0.256 e. The van der Waals surface area contributed by atoms with Crippen molar-refractivity contribution in [3.05, 3.63) is 75.8 Å². The highest BCUT2D eigenvalue weighted by Crippen LogP contribution is 2.29. The fourth-order valence-electron chi connectivity index (χ4n) is 2.36. The van der Waals surface area contributed by atoms with E-state index in [1.807, 2.05) is 43.3 Å². The molecule has 3 rings (SSSR count). The highest BCUT2D eigenvalue weighted by Gasteiger charge is 2.12. The van der Waals surface area contributed by atoms with E-state index >= 15 is 0 Å². The van der Waals surface area contributed by atoms with Gasteiger partial charge >= 0.3 is 0 Å². The fraction of sp³-hybridized carbons (Fsp3) is 0.0556. The molecule has 1 amide bonds. The first-order chi connectivity index (χ1) is 10.6. The Morgan fingerprint density at radius 1 is 0.955 bits per heavy atom. The SMILES string of the molecule is Cc1cc(Cl)c(NC(=O)c2cccc3ccccc23)cc1Cl. The summed E-state index contributed by atoms with van der Waals surface area (Å²) in [4.78, 5) is 12.6. The molecule has 0 bridgehead atoms. The predicted molar refractivity (Wildman–Crippen MR) is 93.1 cm³/mol. The van der Waals surface area contributed by atoms with E-state index in [9.17, 15) is 4.79 Å². The Kier molecular flexibility index (Phi) is 4.06. The third-order valence-electron chi connectivity index (χ3n) is 3.53. The van der Waals surface area contributed by atoms with Crippen LogP contribution in [0.5, 0.6) is 0 Å². The van der Waals surface area contributed by atoms with Gasteiger partial charge in [0.25, 0.3) is 5.91 Å². The second-order valence-electron chi connectivity index (χ2n) is 5.06. The average molecular weight is 330 g/mol. The molecule has 0 atom stereocenters. The largest absolute Gasteiger partial charge is 0.321 e. The van der Waals surface area contributed by atoms with Gasteiger partial charge in [-0.25, -0.2) is 0 Å². The van der Waals surface area contributed by atoms with Crippen molar-refractivity contribution >= 4 is 45.6 Å². The molecule has 0 fully saturated rings. The molecule has 0 aliphatic heterocycles. The number of hydrogen-bond donors (Lipinski definition) is 1. The van der Waals surface area contributed by atoms with Gasteiger partial charge in [0.1, 0.15) is 0 Å².